The lowest BCUT2D eigenvalue weighted by atomic mass is 9.99. The van der Waals surface area contributed by atoms with E-state index in [4.69, 9.17) is 0 Å². The lowest BCUT2D eigenvalue weighted by molar-refractivity contribution is -0.124. The van der Waals surface area contributed by atoms with Crippen molar-refractivity contribution >= 4 is 5.91 Å². The molecule has 3 heteroatoms. The van der Waals surface area contributed by atoms with Crippen molar-refractivity contribution < 1.29 is 4.79 Å². The Morgan fingerprint density at radius 1 is 1.47 bits per heavy atom. The van der Waals surface area contributed by atoms with Gasteiger partial charge in [0, 0.05) is 6.04 Å². The van der Waals surface area contributed by atoms with E-state index in [1.165, 1.54) is 12.8 Å². The monoisotopic (exact) mass is 212 g/mol. The standard InChI is InChI=1S/C12H24N2O/c1-4-10(9(2)3)14-12(15)11-7-5-6-8-13-11/h9-11,13H,4-8H2,1-3H3,(H,14,15)/t10?,11-/m1/s1. The van der Waals surface area contributed by atoms with Crippen molar-refractivity contribution in [1.29, 1.82) is 0 Å². The van der Waals surface area contributed by atoms with Crippen LogP contribution in [0.3, 0.4) is 0 Å². The van der Waals surface area contributed by atoms with Gasteiger partial charge in [-0.05, 0) is 31.7 Å². The summed E-state index contributed by atoms with van der Waals surface area (Å²) in [6, 6.07) is 0.368. The normalized spacial score (nSPS) is 23.9. The largest absolute Gasteiger partial charge is 0.352 e. The zero-order chi connectivity index (χ0) is 11.3. The van der Waals surface area contributed by atoms with Gasteiger partial charge in [-0.25, -0.2) is 0 Å². The van der Waals surface area contributed by atoms with Crippen LogP contribution in [0, 0.1) is 5.92 Å². The molecule has 0 saturated carbocycles. The average Bonchev–Trinajstić information content (AvgIpc) is 2.26. The minimum atomic E-state index is 0.0477. The highest BCUT2D eigenvalue weighted by molar-refractivity contribution is 5.82. The topological polar surface area (TPSA) is 41.1 Å². The van der Waals surface area contributed by atoms with Gasteiger partial charge < -0.3 is 10.6 Å². The SMILES string of the molecule is CCC(NC(=O)[C@H]1CCCCN1)C(C)C. The highest BCUT2D eigenvalue weighted by Gasteiger charge is 2.23. The van der Waals surface area contributed by atoms with E-state index in [1.54, 1.807) is 0 Å². The van der Waals surface area contributed by atoms with Crippen LogP contribution < -0.4 is 10.6 Å². The first-order valence-electron chi connectivity index (χ1n) is 6.19. The van der Waals surface area contributed by atoms with Gasteiger partial charge in [0.25, 0.3) is 0 Å². The fourth-order valence-corrected chi connectivity index (χ4v) is 2.10. The molecule has 0 bridgehead atoms. The quantitative estimate of drug-likeness (QED) is 0.744. The van der Waals surface area contributed by atoms with Crippen molar-refractivity contribution in [2.45, 2.75) is 58.5 Å². The molecule has 15 heavy (non-hydrogen) atoms. The molecule has 2 atom stereocenters. The third kappa shape index (κ3) is 3.82. The van der Waals surface area contributed by atoms with Gasteiger partial charge in [0.05, 0.1) is 6.04 Å². The lowest BCUT2D eigenvalue weighted by Gasteiger charge is -2.27. The molecule has 1 aliphatic heterocycles. The van der Waals surface area contributed by atoms with Gasteiger partial charge in [-0.15, -0.1) is 0 Å². The molecule has 1 heterocycles. The van der Waals surface area contributed by atoms with E-state index in [2.05, 4.69) is 31.4 Å². The van der Waals surface area contributed by atoms with Crippen LogP contribution in [-0.4, -0.2) is 24.5 Å². The number of rotatable bonds is 4. The van der Waals surface area contributed by atoms with Crippen molar-refractivity contribution in [2.75, 3.05) is 6.54 Å². The van der Waals surface area contributed by atoms with Crippen LogP contribution in [0.5, 0.6) is 0 Å². The van der Waals surface area contributed by atoms with Crippen LogP contribution in [0.4, 0.5) is 0 Å². The van der Waals surface area contributed by atoms with Crippen molar-refractivity contribution in [3.63, 3.8) is 0 Å². The van der Waals surface area contributed by atoms with Crippen LogP contribution in [-0.2, 0) is 4.79 Å². The lowest BCUT2D eigenvalue weighted by Crippen LogP contribution is -2.50. The second kappa shape index (κ2) is 6.11. The molecule has 0 aliphatic carbocycles. The Morgan fingerprint density at radius 2 is 2.20 bits per heavy atom. The molecule has 1 fully saturated rings. The van der Waals surface area contributed by atoms with E-state index in [-0.39, 0.29) is 11.9 Å². The van der Waals surface area contributed by atoms with Crippen LogP contribution in [0.25, 0.3) is 0 Å². The molecule has 1 saturated heterocycles. The fourth-order valence-electron chi connectivity index (χ4n) is 2.10. The molecule has 1 unspecified atom stereocenters. The number of piperidine rings is 1. The molecular weight excluding hydrogens is 188 g/mol. The van der Waals surface area contributed by atoms with E-state index >= 15 is 0 Å². The second-order valence-electron chi connectivity index (χ2n) is 4.77. The summed E-state index contributed by atoms with van der Waals surface area (Å²) in [5.41, 5.74) is 0. The molecule has 1 aliphatic rings. The van der Waals surface area contributed by atoms with Gasteiger partial charge in [-0.2, -0.15) is 0 Å². The summed E-state index contributed by atoms with van der Waals surface area (Å²) in [7, 11) is 0. The number of nitrogens with one attached hydrogen (secondary N) is 2. The van der Waals surface area contributed by atoms with E-state index in [9.17, 15) is 4.79 Å². The second-order valence-corrected chi connectivity index (χ2v) is 4.77. The highest BCUT2D eigenvalue weighted by atomic mass is 16.2. The van der Waals surface area contributed by atoms with E-state index in [0.29, 0.717) is 12.0 Å². The summed E-state index contributed by atoms with van der Waals surface area (Å²) in [5, 5.41) is 6.41. The van der Waals surface area contributed by atoms with Crippen molar-refractivity contribution in [1.82, 2.24) is 10.6 Å². The molecule has 1 rings (SSSR count). The molecule has 0 aromatic rings. The smallest absolute Gasteiger partial charge is 0.237 e. The molecule has 1 amide bonds. The van der Waals surface area contributed by atoms with Crippen LogP contribution in [0.1, 0.15) is 46.5 Å². The Bertz CT molecular complexity index is 198. The van der Waals surface area contributed by atoms with Crippen molar-refractivity contribution in [3.05, 3.63) is 0 Å². The minimum absolute atomic E-state index is 0.0477. The maximum atomic E-state index is 11.9. The Morgan fingerprint density at radius 3 is 2.67 bits per heavy atom. The molecule has 0 radical (unpaired) electrons. The van der Waals surface area contributed by atoms with Crippen molar-refractivity contribution in [2.24, 2.45) is 5.92 Å². The Hall–Kier alpha value is -0.570. The first-order chi connectivity index (χ1) is 7.15. The summed E-state index contributed by atoms with van der Waals surface area (Å²) in [5.74, 6) is 0.706. The average molecular weight is 212 g/mol. The molecule has 0 aromatic carbocycles. The van der Waals surface area contributed by atoms with Crippen molar-refractivity contribution in [3.8, 4) is 0 Å². The summed E-state index contributed by atoms with van der Waals surface area (Å²) in [6.45, 7) is 7.42. The fraction of sp³-hybridized carbons (Fsp3) is 0.917. The van der Waals surface area contributed by atoms with Gasteiger partial charge in [0.2, 0.25) is 5.91 Å². The van der Waals surface area contributed by atoms with Gasteiger partial charge in [-0.3, -0.25) is 4.79 Å². The van der Waals surface area contributed by atoms with Crippen LogP contribution >= 0.6 is 0 Å². The zero-order valence-electron chi connectivity index (χ0n) is 10.2. The highest BCUT2D eigenvalue weighted by Crippen LogP contribution is 2.10. The number of carbonyl (C=O) groups is 1. The summed E-state index contributed by atoms with van der Waals surface area (Å²) in [4.78, 5) is 11.9. The van der Waals surface area contributed by atoms with Gasteiger partial charge >= 0.3 is 0 Å². The van der Waals surface area contributed by atoms with Gasteiger partial charge in [-0.1, -0.05) is 27.2 Å². The zero-order valence-corrected chi connectivity index (χ0v) is 10.2. The Balaban J connectivity index is 2.38. The molecule has 0 aromatic heterocycles. The Kier molecular flexibility index (Phi) is 5.09. The minimum Gasteiger partial charge on any atom is -0.352 e. The van der Waals surface area contributed by atoms with Crippen LogP contribution in [0.2, 0.25) is 0 Å². The van der Waals surface area contributed by atoms with Gasteiger partial charge in [0.15, 0.2) is 0 Å². The van der Waals surface area contributed by atoms with E-state index in [0.717, 1.165) is 19.4 Å². The number of amides is 1. The van der Waals surface area contributed by atoms with Gasteiger partial charge in [0.1, 0.15) is 0 Å². The predicted octanol–water partition coefficient (Wildman–Crippen LogP) is 1.68. The molecule has 2 N–H and O–H groups in total. The first-order valence-corrected chi connectivity index (χ1v) is 6.19. The molecule has 88 valence electrons. The van der Waals surface area contributed by atoms with E-state index in [1.807, 2.05) is 0 Å². The third-order valence-electron chi connectivity index (χ3n) is 3.20. The predicted molar refractivity (Wildman–Crippen MR) is 62.7 cm³/mol. The summed E-state index contributed by atoms with van der Waals surface area (Å²) < 4.78 is 0. The number of hydrogen-bond donors (Lipinski definition) is 2. The summed E-state index contributed by atoms with van der Waals surface area (Å²) in [6.07, 6.45) is 4.37. The molecule has 0 spiro atoms. The van der Waals surface area contributed by atoms with Crippen LogP contribution in [0.15, 0.2) is 0 Å². The summed E-state index contributed by atoms with van der Waals surface area (Å²) >= 11 is 0. The third-order valence-corrected chi connectivity index (χ3v) is 3.20. The Labute approximate surface area is 93.0 Å². The number of carbonyl (C=O) groups excluding carboxylic acids is 1. The van der Waals surface area contributed by atoms with E-state index < -0.39 is 0 Å². The first kappa shape index (κ1) is 12.5. The maximum absolute atomic E-state index is 11.9. The molecular formula is C12H24N2O. The molecule has 3 nitrogen and oxygen atoms in total. The maximum Gasteiger partial charge on any atom is 0.237 e. The number of hydrogen-bond acceptors (Lipinski definition) is 2.